The Kier molecular flexibility index (Phi) is 4.29. The van der Waals surface area contributed by atoms with Gasteiger partial charge in [0.15, 0.2) is 28.8 Å². The number of hydrogen-bond acceptors (Lipinski definition) is 6. The van der Waals surface area contributed by atoms with Gasteiger partial charge in [-0.3, -0.25) is 4.79 Å². The normalized spacial score (nSPS) is 12.4. The van der Waals surface area contributed by atoms with Gasteiger partial charge in [-0.2, -0.15) is 0 Å². The average Bonchev–Trinajstić information content (AvgIpc) is 3.06. The Balaban J connectivity index is 1.85. The predicted molar refractivity (Wildman–Crippen MR) is 87.1 cm³/mol. The minimum absolute atomic E-state index is 0.125. The molecule has 0 atom stereocenters. The number of aromatic hydroxyl groups is 1. The number of rotatable bonds is 5. The maximum Gasteiger partial charge on any atom is 0.231 e. The Hall–Kier alpha value is -3.15. The van der Waals surface area contributed by atoms with E-state index in [2.05, 4.69) is 0 Å². The van der Waals surface area contributed by atoms with Gasteiger partial charge >= 0.3 is 0 Å². The Morgan fingerprint density at radius 1 is 1.12 bits per heavy atom. The summed E-state index contributed by atoms with van der Waals surface area (Å²) in [4.78, 5) is 12.3. The molecule has 0 unspecified atom stereocenters. The standard InChI is InChI=1S/C18H16O6/c1-21-15-8-5-12(17(20)18(15)22-2)13(19)6-3-11-4-7-14-16(9-11)24-10-23-14/h3-9,20H,10H2,1-2H3. The number of methoxy groups -OCH3 is 2. The zero-order valence-electron chi connectivity index (χ0n) is 13.2. The second kappa shape index (κ2) is 6.54. The Labute approximate surface area is 138 Å². The van der Waals surface area contributed by atoms with E-state index in [0.29, 0.717) is 17.2 Å². The van der Waals surface area contributed by atoms with Gasteiger partial charge in [0.25, 0.3) is 0 Å². The molecule has 6 nitrogen and oxygen atoms in total. The SMILES string of the molecule is COc1ccc(C(=O)C=Cc2ccc3c(c2)OCO3)c(O)c1OC. The molecular formula is C18H16O6. The number of phenols is 1. The molecular weight excluding hydrogens is 312 g/mol. The molecule has 0 aliphatic carbocycles. The minimum atomic E-state index is -0.355. The monoisotopic (exact) mass is 328 g/mol. The van der Waals surface area contributed by atoms with Crippen molar-refractivity contribution in [1.29, 1.82) is 0 Å². The zero-order valence-corrected chi connectivity index (χ0v) is 13.2. The third kappa shape index (κ3) is 2.86. The lowest BCUT2D eigenvalue weighted by atomic mass is 10.1. The molecule has 1 aliphatic rings. The van der Waals surface area contributed by atoms with Crippen molar-refractivity contribution in [2.75, 3.05) is 21.0 Å². The van der Waals surface area contributed by atoms with E-state index in [9.17, 15) is 9.90 Å². The zero-order chi connectivity index (χ0) is 17.1. The lowest BCUT2D eigenvalue weighted by Gasteiger charge is -2.11. The molecule has 1 heterocycles. The highest BCUT2D eigenvalue weighted by Gasteiger charge is 2.18. The van der Waals surface area contributed by atoms with Crippen LogP contribution >= 0.6 is 0 Å². The molecule has 1 N–H and O–H groups in total. The summed E-state index contributed by atoms with van der Waals surface area (Å²) >= 11 is 0. The molecule has 1 aliphatic heterocycles. The van der Waals surface area contributed by atoms with Crippen LogP contribution in [0.25, 0.3) is 6.08 Å². The summed E-state index contributed by atoms with van der Waals surface area (Å²) in [5.41, 5.74) is 0.914. The first-order valence-electron chi connectivity index (χ1n) is 7.20. The topological polar surface area (TPSA) is 74.2 Å². The van der Waals surface area contributed by atoms with E-state index in [-0.39, 0.29) is 29.6 Å². The summed E-state index contributed by atoms with van der Waals surface area (Å²) in [5, 5.41) is 10.2. The fraction of sp³-hybridized carbons (Fsp3) is 0.167. The molecule has 0 spiro atoms. The molecule has 0 fully saturated rings. The highest BCUT2D eigenvalue weighted by atomic mass is 16.7. The number of hydrogen-bond donors (Lipinski definition) is 1. The van der Waals surface area contributed by atoms with Crippen LogP contribution in [0, 0.1) is 0 Å². The molecule has 124 valence electrons. The smallest absolute Gasteiger partial charge is 0.231 e. The van der Waals surface area contributed by atoms with E-state index in [4.69, 9.17) is 18.9 Å². The van der Waals surface area contributed by atoms with Crippen molar-refractivity contribution < 1.29 is 28.8 Å². The summed E-state index contributed by atoms with van der Waals surface area (Å²) in [7, 11) is 2.85. The molecule has 0 amide bonds. The van der Waals surface area contributed by atoms with Crippen molar-refractivity contribution in [3.05, 3.63) is 47.5 Å². The molecule has 6 heteroatoms. The van der Waals surface area contributed by atoms with Crippen LogP contribution in [0.5, 0.6) is 28.7 Å². The van der Waals surface area contributed by atoms with Crippen LogP contribution in [-0.4, -0.2) is 31.9 Å². The Morgan fingerprint density at radius 3 is 2.67 bits per heavy atom. The van der Waals surface area contributed by atoms with Gasteiger partial charge in [0.1, 0.15) is 0 Å². The van der Waals surface area contributed by atoms with Crippen LogP contribution in [0.4, 0.5) is 0 Å². The Morgan fingerprint density at radius 2 is 1.92 bits per heavy atom. The first-order valence-corrected chi connectivity index (χ1v) is 7.20. The number of carbonyl (C=O) groups excluding carboxylic acids is 1. The highest BCUT2D eigenvalue weighted by Crippen LogP contribution is 2.39. The molecule has 0 saturated heterocycles. The van der Waals surface area contributed by atoms with Gasteiger partial charge in [-0.25, -0.2) is 0 Å². The van der Waals surface area contributed by atoms with Crippen LogP contribution in [-0.2, 0) is 0 Å². The minimum Gasteiger partial charge on any atom is -0.504 e. The van der Waals surface area contributed by atoms with E-state index in [0.717, 1.165) is 5.56 Å². The van der Waals surface area contributed by atoms with Crippen molar-refractivity contribution in [2.45, 2.75) is 0 Å². The van der Waals surface area contributed by atoms with Crippen molar-refractivity contribution in [3.63, 3.8) is 0 Å². The quantitative estimate of drug-likeness (QED) is 0.672. The predicted octanol–water partition coefficient (Wildman–Crippen LogP) is 3.03. The third-order valence-electron chi connectivity index (χ3n) is 3.61. The van der Waals surface area contributed by atoms with Gasteiger partial charge in [0.05, 0.1) is 19.8 Å². The molecule has 24 heavy (non-hydrogen) atoms. The van der Waals surface area contributed by atoms with Gasteiger partial charge in [-0.05, 0) is 35.9 Å². The number of allylic oxidation sites excluding steroid dienone is 1. The first-order chi connectivity index (χ1) is 11.6. The average molecular weight is 328 g/mol. The van der Waals surface area contributed by atoms with Crippen LogP contribution in [0.1, 0.15) is 15.9 Å². The molecule has 0 aromatic heterocycles. The largest absolute Gasteiger partial charge is 0.504 e. The number of carbonyl (C=O) groups is 1. The molecule has 3 rings (SSSR count). The number of benzene rings is 2. The van der Waals surface area contributed by atoms with Crippen molar-refractivity contribution in [2.24, 2.45) is 0 Å². The summed E-state index contributed by atoms with van der Waals surface area (Å²) < 4.78 is 20.7. The fourth-order valence-electron chi connectivity index (χ4n) is 2.39. The van der Waals surface area contributed by atoms with Gasteiger partial charge in [0.2, 0.25) is 12.5 Å². The van der Waals surface area contributed by atoms with E-state index in [1.54, 1.807) is 24.3 Å². The van der Waals surface area contributed by atoms with Crippen LogP contribution < -0.4 is 18.9 Å². The number of ether oxygens (including phenoxy) is 4. The van der Waals surface area contributed by atoms with E-state index in [1.807, 2.05) is 6.07 Å². The molecule has 0 radical (unpaired) electrons. The van der Waals surface area contributed by atoms with Crippen molar-refractivity contribution in [1.82, 2.24) is 0 Å². The van der Waals surface area contributed by atoms with Crippen LogP contribution in [0.15, 0.2) is 36.4 Å². The number of ketones is 1. The number of fused-ring (bicyclic) bond motifs is 1. The molecule has 2 aromatic carbocycles. The fourth-order valence-corrected chi connectivity index (χ4v) is 2.39. The Bertz CT molecular complexity index is 809. The van der Waals surface area contributed by atoms with Gasteiger partial charge in [0, 0.05) is 0 Å². The summed E-state index contributed by atoms with van der Waals surface area (Å²) in [6.07, 6.45) is 3.01. The van der Waals surface area contributed by atoms with Crippen molar-refractivity contribution in [3.8, 4) is 28.7 Å². The maximum atomic E-state index is 12.3. The second-order valence-corrected chi connectivity index (χ2v) is 5.01. The van der Waals surface area contributed by atoms with Gasteiger partial charge in [-0.15, -0.1) is 0 Å². The summed E-state index contributed by atoms with van der Waals surface area (Å²) in [5.74, 6) is 1.18. The van der Waals surface area contributed by atoms with E-state index >= 15 is 0 Å². The van der Waals surface area contributed by atoms with Crippen LogP contribution in [0.2, 0.25) is 0 Å². The third-order valence-corrected chi connectivity index (χ3v) is 3.61. The number of phenolic OH excluding ortho intramolecular Hbond substituents is 1. The molecule has 2 aromatic rings. The lowest BCUT2D eigenvalue weighted by molar-refractivity contribution is 0.104. The molecule has 0 saturated carbocycles. The second-order valence-electron chi connectivity index (χ2n) is 5.01. The highest BCUT2D eigenvalue weighted by molar-refractivity contribution is 6.09. The molecule has 0 bridgehead atoms. The maximum absolute atomic E-state index is 12.3. The first kappa shape index (κ1) is 15.7. The van der Waals surface area contributed by atoms with E-state index < -0.39 is 0 Å². The van der Waals surface area contributed by atoms with Gasteiger partial charge in [-0.1, -0.05) is 12.1 Å². The van der Waals surface area contributed by atoms with E-state index in [1.165, 1.54) is 26.4 Å². The summed E-state index contributed by atoms with van der Waals surface area (Å²) in [6, 6.07) is 8.43. The van der Waals surface area contributed by atoms with Crippen molar-refractivity contribution >= 4 is 11.9 Å². The van der Waals surface area contributed by atoms with Gasteiger partial charge < -0.3 is 24.1 Å². The lowest BCUT2D eigenvalue weighted by Crippen LogP contribution is -1.99. The summed E-state index contributed by atoms with van der Waals surface area (Å²) in [6.45, 7) is 0.195. The van der Waals surface area contributed by atoms with Crippen LogP contribution in [0.3, 0.4) is 0 Å².